The molecule has 0 saturated heterocycles. The van der Waals surface area contributed by atoms with Crippen LogP contribution in [0.5, 0.6) is 0 Å². The molecule has 0 saturated carbocycles. The summed E-state index contributed by atoms with van der Waals surface area (Å²) < 4.78 is 14.5. The van der Waals surface area contributed by atoms with Gasteiger partial charge in [-0.1, -0.05) is 19.9 Å². The number of hydrogen-bond donors (Lipinski definition) is 1. The molecule has 3 nitrogen and oxygen atoms in total. The maximum atomic E-state index is 14.5. The van der Waals surface area contributed by atoms with Crippen molar-refractivity contribution < 1.29 is 4.39 Å². The zero-order valence-electron chi connectivity index (χ0n) is 13.5. The largest absolute Gasteiger partial charge is 0.373 e. The third kappa shape index (κ3) is 2.89. The molecule has 0 fully saturated rings. The second-order valence-corrected chi connectivity index (χ2v) is 5.75. The molecule has 4 heteroatoms. The van der Waals surface area contributed by atoms with Crippen LogP contribution < -0.4 is 5.32 Å². The zero-order chi connectivity index (χ0) is 15.7. The molecule has 1 heterocycles. The van der Waals surface area contributed by atoms with Gasteiger partial charge in [-0.05, 0) is 38.0 Å². The van der Waals surface area contributed by atoms with Crippen LogP contribution in [0.3, 0.4) is 0 Å². The molecule has 0 aliphatic heterocycles. The van der Waals surface area contributed by atoms with Crippen molar-refractivity contribution in [1.82, 2.24) is 9.97 Å². The molecule has 112 valence electrons. The summed E-state index contributed by atoms with van der Waals surface area (Å²) in [5, 5.41) is 3.08. The summed E-state index contributed by atoms with van der Waals surface area (Å²) in [5.41, 5.74) is 3.92. The number of nitrogens with one attached hydrogen (secondary N) is 1. The number of aromatic nitrogens is 2. The minimum absolute atomic E-state index is 0.185. The number of hydrogen-bond acceptors (Lipinski definition) is 3. The van der Waals surface area contributed by atoms with Crippen molar-refractivity contribution in [3.05, 3.63) is 40.5 Å². The highest BCUT2D eigenvalue weighted by Crippen LogP contribution is 2.32. The van der Waals surface area contributed by atoms with Crippen molar-refractivity contribution in [2.75, 3.05) is 12.4 Å². The van der Waals surface area contributed by atoms with Gasteiger partial charge in [0.1, 0.15) is 17.5 Å². The number of anilines is 1. The van der Waals surface area contributed by atoms with Gasteiger partial charge < -0.3 is 5.32 Å². The predicted octanol–water partition coefficient (Wildman–Crippen LogP) is 4.37. The molecule has 0 aliphatic rings. The Morgan fingerprint density at radius 3 is 2.29 bits per heavy atom. The van der Waals surface area contributed by atoms with E-state index in [4.69, 9.17) is 0 Å². The minimum atomic E-state index is -0.231. The highest BCUT2D eigenvalue weighted by Gasteiger charge is 2.18. The third-order valence-corrected chi connectivity index (χ3v) is 3.58. The average molecular weight is 287 g/mol. The first-order chi connectivity index (χ1) is 9.85. The molecule has 1 aromatic heterocycles. The molecule has 0 unspecified atom stereocenters. The summed E-state index contributed by atoms with van der Waals surface area (Å²) in [7, 11) is 1.82. The van der Waals surface area contributed by atoms with Gasteiger partial charge in [0, 0.05) is 24.1 Å². The molecule has 1 aromatic carbocycles. The lowest BCUT2D eigenvalue weighted by atomic mass is 9.98. The first-order valence-electron chi connectivity index (χ1n) is 7.18. The van der Waals surface area contributed by atoms with Crippen LogP contribution in [-0.4, -0.2) is 17.0 Å². The highest BCUT2D eigenvalue weighted by atomic mass is 19.1. The third-order valence-electron chi connectivity index (χ3n) is 3.58. The first kappa shape index (κ1) is 15.4. The Hall–Kier alpha value is -1.97. The number of benzene rings is 1. The Labute approximate surface area is 125 Å². The lowest BCUT2D eigenvalue weighted by Gasteiger charge is -2.16. The van der Waals surface area contributed by atoms with Crippen molar-refractivity contribution in [3.63, 3.8) is 0 Å². The Morgan fingerprint density at radius 2 is 1.76 bits per heavy atom. The molecule has 0 aliphatic carbocycles. The van der Waals surface area contributed by atoms with Gasteiger partial charge in [0.15, 0.2) is 0 Å². The van der Waals surface area contributed by atoms with Crippen LogP contribution >= 0.6 is 0 Å². The molecular formula is C17H22FN3. The van der Waals surface area contributed by atoms with E-state index in [2.05, 4.69) is 15.3 Å². The monoisotopic (exact) mass is 287 g/mol. The van der Waals surface area contributed by atoms with E-state index in [0.717, 1.165) is 28.3 Å². The molecule has 0 bridgehead atoms. The van der Waals surface area contributed by atoms with Crippen LogP contribution in [0.4, 0.5) is 10.2 Å². The molecule has 0 amide bonds. The van der Waals surface area contributed by atoms with Crippen LogP contribution in [0, 0.1) is 26.6 Å². The van der Waals surface area contributed by atoms with Crippen molar-refractivity contribution in [2.45, 2.75) is 40.5 Å². The van der Waals surface area contributed by atoms with Gasteiger partial charge in [0.2, 0.25) is 0 Å². The number of aryl methyl sites for hydroxylation is 2. The summed E-state index contributed by atoms with van der Waals surface area (Å²) in [4.78, 5) is 9.12. The SMILES string of the molecule is CNc1nc(C(C)C)nc(-c2c(C)cc(C)cc2F)c1C. The molecule has 21 heavy (non-hydrogen) atoms. The summed E-state index contributed by atoms with van der Waals surface area (Å²) in [5.74, 6) is 1.43. The van der Waals surface area contributed by atoms with Crippen LogP contribution in [0.25, 0.3) is 11.3 Å². The van der Waals surface area contributed by atoms with Gasteiger partial charge in [-0.2, -0.15) is 0 Å². The highest BCUT2D eigenvalue weighted by molar-refractivity contribution is 5.71. The molecule has 2 rings (SSSR count). The van der Waals surface area contributed by atoms with E-state index in [1.54, 1.807) is 6.07 Å². The van der Waals surface area contributed by atoms with E-state index in [0.29, 0.717) is 11.3 Å². The molecule has 1 N–H and O–H groups in total. The van der Waals surface area contributed by atoms with Crippen molar-refractivity contribution in [3.8, 4) is 11.3 Å². The van der Waals surface area contributed by atoms with Crippen LogP contribution in [0.15, 0.2) is 12.1 Å². The van der Waals surface area contributed by atoms with E-state index >= 15 is 0 Å². The lowest BCUT2D eigenvalue weighted by Crippen LogP contribution is -2.08. The second kappa shape index (κ2) is 5.80. The fourth-order valence-electron chi connectivity index (χ4n) is 2.49. The van der Waals surface area contributed by atoms with Crippen molar-refractivity contribution in [2.24, 2.45) is 0 Å². The van der Waals surface area contributed by atoms with E-state index in [-0.39, 0.29) is 11.7 Å². The fourth-order valence-corrected chi connectivity index (χ4v) is 2.49. The number of nitrogens with zero attached hydrogens (tertiary/aromatic N) is 2. The smallest absolute Gasteiger partial charge is 0.133 e. The zero-order valence-corrected chi connectivity index (χ0v) is 13.5. The van der Waals surface area contributed by atoms with Crippen molar-refractivity contribution in [1.29, 1.82) is 0 Å². The Balaban J connectivity index is 2.77. The van der Waals surface area contributed by atoms with E-state index in [1.807, 2.05) is 47.7 Å². The van der Waals surface area contributed by atoms with Crippen LogP contribution in [-0.2, 0) is 0 Å². The maximum absolute atomic E-state index is 14.5. The topological polar surface area (TPSA) is 37.8 Å². The van der Waals surface area contributed by atoms with Crippen molar-refractivity contribution >= 4 is 5.82 Å². The number of halogens is 1. The lowest BCUT2D eigenvalue weighted by molar-refractivity contribution is 0.627. The molecule has 0 atom stereocenters. The number of rotatable bonds is 3. The predicted molar refractivity (Wildman–Crippen MR) is 85.3 cm³/mol. The van der Waals surface area contributed by atoms with Gasteiger partial charge in [0.25, 0.3) is 0 Å². The quantitative estimate of drug-likeness (QED) is 0.910. The van der Waals surface area contributed by atoms with E-state index in [9.17, 15) is 4.39 Å². The standard InChI is InChI=1S/C17H22FN3/c1-9(2)16-20-15(12(5)17(19-6)21-16)14-11(4)7-10(3)8-13(14)18/h7-9H,1-6H3,(H,19,20,21). The first-order valence-corrected chi connectivity index (χ1v) is 7.18. The van der Waals surface area contributed by atoms with E-state index < -0.39 is 0 Å². The summed E-state index contributed by atoms with van der Waals surface area (Å²) in [6.45, 7) is 9.80. The van der Waals surface area contributed by atoms with Gasteiger partial charge in [-0.25, -0.2) is 14.4 Å². The molecule has 0 spiro atoms. The molecular weight excluding hydrogens is 265 g/mol. The van der Waals surface area contributed by atoms with Gasteiger partial charge in [-0.3, -0.25) is 0 Å². The van der Waals surface area contributed by atoms with Crippen LogP contribution in [0.2, 0.25) is 0 Å². The van der Waals surface area contributed by atoms with Gasteiger partial charge in [-0.15, -0.1) is 0 Å². The maximum Gasteiger partial charge on any atom is 0.133 e. The van der Waals surface area contributed by atoms with E-state index in [1.165, 1.54) is 0 Å². The Morgan fingerprint density at radius 1 is 1.10 bits per heavy atom. The second-order valence-electron chi connectivity index (χ2n) is 5.75. The van der Waals surface area contributed by atoms with Gasteiger partial charge in [0.05, 0.1) is 5.69 Å². The minimum Gasteiger partial charge on any atom is -0.373 e. The average Bonchev–Trinajstić information content (AvgIpc) is 2.39. The van der Waals surface area contributed by atoms with Crippen LogP contribution in [0.1, 0.15) is 42.3 Å². The molecule has 2 aromatic rings. The normalized spacial score (nSPS) is 11.0. The fraction of sp³-hybridized carbons (Fsp3) is 0.412. The van der Waals surface area contributed by atoms with Gasteiger partial charge >= 0.3 is 0 Å². The molecule has 0 radical (unpaired) electrons. The summed E-state index contributed by atoms with van der Waals surface area (Å²) in [6, 6.07) is 3.53. The Bertz CT molecular complexity index is 655. The summed E-state index contributed by atoms with van der Waals surface area (Å²) >= 11 is 0. The summed E-state index contributed by atoms with van der Waals surface area (Å²) in [6.07, 6.45) is 0. The Kier molecular flexibility index (Phi) is 4.26.